The minimum Gasteiger partial charge on any atom is -0.461 e. The molecule has 0 aliphatic heterocycles. The van der Waals surface area contributed by atoms with E-state index in [-0.39, 0.29) is 30.4 Å². The van der Waals surface area contributed by atoms with Crippen molar-refractivity contribution in [2.75, 3.05) is 0 Å². The molecule has 1 rings (SSSR count). The first-order chi connectivity index (χ1) is 9.38. The Morgan fingerprint density at radius 3 is 2.15 bits per heavy atom. The van der Waals surface area contributed by atoms with Gasteiger partial charge in [-0.15, -0.1) is 0 Å². The molecule has 4 nitrogen and oxygen atoms in total. The Morgan fingerprint density at radius 2 is 1.65 bits per heavy atom. The summed E-state index contributed by atoms with van der Waals surface area (Å²) in [7, 11) is 0. The largest absolute Gasteiger partial charge is 0.461 e. The number of hydrogen-bond acceptors (Lipinski definition) is 4. The highest BCUT2D eigenvalue weighted by Gasteiger charge is 2.09. The number of benzene rings is 1. The highest BCUT2D eigenvalue weighted by molar-refractivity contribution is 5.72. The van der Waals surface area contributed by atoms with E-state index in [9.17, 15) is 9.59 Å². The Labute approximate surface area is 120 Å². The predicted octanol–water partition coefficient (Wildman–Crippen LogP) is 3.34. The molecule has 0 aliphatic carbocycles. The molecule has 0 atom stereocenters. The quantitative estimate of drug-likeness (QED) is 0.591. The van der Waals surface area contributed by atoms with Crippen LogP contribution in [-0.4, -0.2) is 11.9 Å². The molecule has 20 heavy (non-hydrogen) atoms. The maximum atomic E-state index is 11.5. The molecule has 0 unspecified atom stereocenters. The van der Waals surface area contributed by atoms with Gasteiger partial charge in [-0.2, -0.15) is 0 Å². The van der Waals surface area contributed by atoms with Crippen LogP contribution in [0.25, 0.3) is 0 Å². The number of esters is 2. The van der Waals surface area contributed by atoms with Crippen LogP contribution in [0.4, 0.5) is 0 Å². The molecule has 0 aromatic heterocycles. The second-order valence-electron chi connectivity index (χ2n) is 5.48. The number of ether oxygens (including phenoxy) is 2. The van der Waals surface area contributed by atoms with E-state index in [1.165, 1.54) is 0 Å². The van der Waals surface area contributed by atoms with Crippen LogP contribution < -0.4 is 4.74 Å². The summed E-state index contributed by atoms with van der Waals surface area (Å²) in [4.78, 5) is 22.8. The van der Waals surface area contributed by atoms with Crippen molar-refractivity contribution < 1.29 is 19.1 Å². The lowest BCUT2D eigenvalue weighted by atomic mass is 10.1. The summed E-state index contributed by atoms with van der Waals surface area (Å²) in [6.45, 7) is 7.75. The molecule has 0 heterocycles. The van der Waals surface area contributed by atoms with Gasteiger partial charge < -0.3 is 9.47 Å². The topological polar surface area (TPSA) is 52.6 Å². The molecular weight excluding hydrogens is 256 g/mol. The van der Waals surface area contributed by atoms with Crippen molar-refractivity contribution in [2.24, 2.45) is 11.8 Å². The normalized spacial score (nSPS) is 10.7. The molecule has 0 N–H and O–H groups in total. The summed E-state index contributed by atoms with van der Waals surface area (Å²) in [5.74, 6) is 0.189. The third-order valence-corrected chi connectivity index (χ3v) is 2.58. The van der Waals surface area contributed by atoms with Crippen molar-refractivity contribution in [1.82, 2.24) is 0 Å². The second-order valence-corrected chi connectivity index (χ2v) is 5.48. The monoisotopic (exact) mass is 278 g/mol. The summed E-state index contributed by atoms with van der Waals surface area (Å²) in [6, 6.07) is 6.98. The molecule has 0 radical (unpaired) electrons. The summed E-state index contributed by atoms with van der Waals surface area (Å²) >= 11 is 0. The lowest BCUT2D eigenvalue weighted by molar-refractivity contribution is -0.148. The summed E-state index contributed by atoms with van der Waals surface area (Å²) in [5, 5.41) is 0. The summed E-state index contributed by atoms with van der Waals surface area (Å²) < 4.78 is 10.3. The van der Waals surface area contributed by atoms with Gasteiger partial charge in [-0.3, -0.25) is 9.59 Å². The van der Waals surface area contributed by atoms with Crippen molar-refractivity contribution in [1.29, 1.82) is 0 Å². The van der Waals surface area contributed by atoms with Gasteiger partial charge in [0.25, 0.3) is 0 Å². The average molecular weight is 278 g/mol. The fourth-order valence-corrected chi connectivity index (χ4v) is 1.48. The van der Waals surface area contributed by atoms with E-state index in [1.54, 1.807) is 38.1 Å². The van der Waals surface area contributed by atoms with Crippen LogP contribution in [0.5, 0.6) is 5.75 Å². The van der Waals surface area contributed by atoms with E-state index < -0.39 is 0 Å². The van der Waals surface area contributed by atoms with Crippen molar-refractivity contribution >= 4 is 11.9 Å². The lowest BCUT2D eigenvalue weighted by Gasteiger charge is -2.09. The second kappa shape index (κ2) is 7.68. The first-order valence-corrected chi connectivity index (χ1v) is 6.84. The Hall–Kier alpha value is -1.84. The first kappa shape index (κ1) is 16.2. The van der Waals surface area contributed by atoms with Crippen LogP contribution in [0, 0.1) is 11.8 Å². The van der Waals surface area contributed by atoms with E-state index in [1.807, 2.05) is 13.8 Å². The van der Waals surface area contributed by atoms with Gasteiger partial charge in [-0.25, -0.2) is 0 Å². The third-order valence-electron chi connectivity index (χ3n) is 2.58. The van der Waals surface area contributed by atoms with Crippen LogP contribution in [0.3, 0.4) is 0 Å². The van der Waals surface area contributed by atoms with Crippen molar-refractivity contribution in [2.45, 2.75) is 40.7 Å². The number of carbonyl (C=O) groups is 2. The van der Waals surface area contributed by atoms with E-state index >= 15 is 0 Å². The van der Waals surface area contributed by atoms with Crippen molar-refractivity contribution in [3.05, 3.63) is 29.8 Å². The Morgan fingerprint density at radius 1 is 1.05 bits per heavy atom. The smallest absolute Gasteiger partial charge is 0.311 e. The van der Waals surface area contributed by atoms with Gasteiger partial charge in [0, 0.05) is 6.42 Å². The molecule has 1 aromatic rings. The summed E-state index contributed by atoms with van der Waals surface area (Å²) in [5.41, 5.74) is 0.864. The zero-order chi connectivity index (χ0) is 15.1. The molecule has 0 spiro atoms. The third kappa shape index (κ3) is 5.87. The van der Waals surface area contributed by atoms with E-state index in [0.29, 0.717) is 12.2 Å². The molecule has 0 fully saturated rings. The number of rotatable bonds is 6. The van der Waals surface area contributed by atoms with Crippen molar-refractivity contribution in [3.8, 4) is 5.75 Å². The maximum absolute atomic E-state index is 11.5. The standard InChI is InChI=1S/C16H22O4/c1-11(2)9-15(17)20-14-7-5-13(6-8-14)10-19-16(18)12(3)4/h5-8,11-12H,9-10H2,1-4H3. The fourth-order valence-electron chi connectivity index (χ4n) is 1.48. The molecule has 0 aliphatic rings. The van der Waals surface area contributed by atoms with Gasteiger partial charge in [-0.1, -0.05) is 39.8 Å². The van der Waals surface area contributed by atoms with Gasteiger partial charge in [0.2, 0.25) is 0 Å². The van der Waals surface area contributed by atoms with Crippen LogP contribution in [-0.2, 0) is 20.9 Å². The average Bonchev–Trinajstić information content (AvgIpc) is 2.36. The molecule has 0 amide bonds. The minimum absolute atomic E-state index is 0.133. The zero-order valence-electron chi connectivity index (χ0n) is 12.5. The molecule has 0 saturated heterocycles. The maximum Gasteiger partial charge on any atom is 0.311 e. The minimum atomic E-state index is -0.237. The van der Waals surface area contributed by atoms with Crippen LogP contribution in [0.15, 0.2) is 24.3 Å². The predicted molar refractivity (Wildman–Crippen MR) is 76.2 cm³/mol. The van der Waals surface area contributed by atoms with Gasteiger partial charge >= 0.3 is 11.9 Å². The first-order valence-electron chi connectivity index (χ1n) is 6.84. The van der Waals surface area contributed by atoms with E-state index in [0.717, 1.165) is 5.56 Å². The molecule has 1 aromatic carbocycles. The highest BCUT2D eigenvalue weighted by atomic mass is 16.5. The zero-order valence-corrected chi connectivity index (χ0v) is 12.5. The fraction of sp³-hybridized carbons (Fsp3) is 0.500. The van der Waals surface area contributed by atoms with Gasteiger partial charge in [0.1, 0.15) is 12.4 Å². The van der Waals surface area contributed by atoms with Crippen LogP contribution in [0.2, 0.25) is 0 Å². The van der Waals surface area contributed by atoms with Crippen molar-refractivity contribution in [3.63, 3.8) is 0 Å². The van der Waals surface area contributed by atoms with E-state index in [2.05, 4.69) is 0 Å². The van der Waals surface area contributed by atoms with E-state index in [4.69, 9.17) is 9.47 Å². The van der Waals surface area contributed by atoms with Gasteiger partial charge in [0.05, 0.1) is 5.92 Å². The van der Waals surface area contributed by atoms with Gasteiger partial charge in [-0.05, 0) is 23.6 Å². The number of carbonyl (C=O) groups excluding carboxylic acids is 2. The van der Waals surface area contributed by atoms with Gasteiger partial charge in [0.15, 0.2) is 0 Å². The van der Waals surface area contributed by atoms with Crippen LogP contribution >= 0.6 is 0 Å². The molecular formula is C16H22O4. The Kier molecular flexibility index (Phi) is 6.22. The van der Waals surface area contributed by atoms with Crippen LogP contribution in [0.1, 0.15) is 39.7 Å². The molecule has 4 heteroatoms. The lowest BCUT2D eigenvalue weighted by Crippen LogP contribution is -2.12. The molecule has 0 bridgehead atoms. The molecule has 0 saturated carbocycles. The molecule has 110 valence electrons. The number of hydrogen-bond donors (Lipinski definition) is 0. The summed E-state index contributed by atoms with van der Waals surface area (Å²) in [6.07, 6.45) is 0.397. The Bertz CT molecular complexity index is 446. The highest BCUT2D eigenvalue weighted by Crippen LogP contribution is 2.15. The Balaban J connectivity index is 2.48. The SMILES string of the molecule is CC(C)CC(=O)Oc1ccc(COC(=O)C(C)C)cc1.